The Bertz CT molecular complexity index is 278. The van der Waals surface area contributed by atoms with Crippen LogP contribution in [0.4, 0.5) is 0 Å². The topological polar surface area (TPSA) is 47.3 Å². The molecule has 90 valence electrons. The lowest BCUT2D eigenvalue weighted by molar-refractivity contribution is -0.134. The normalized spacial score (nSPS) is 19.6. The van der Waals surface area contributed by atoms with Crippen LogP contribution in [-0.4, -0.2) is 48.4 Å². The minimum absolute atomic E-state index is 0.0289. The van der Waals surface area contributed by atoms with Gasteiger partial charge in [0.25, 0.3) is 0 Å². The predicted octanol–water partition coefficient (Wildman–Crippen LogP) is 1.09. The van der Waals surface area contributed by atoms with Gasteiger partial charge in [-0.25, -0.2) is 0 Å². The van der Waals surface area contributed by atoms with Gasteiger partial charge >= 0.3 is 0 Å². The Labute approximate surface area is 97.8 Å². The SMILES string of the molecule is CC(C#N)CN(C)C(C)C(=O)N1CCCC1. The molecule has 0 aliphatic carbocycles. The Morgan fingerprint density at radius 3 is 2.50 bits per heavy atom. The molecule has 0 saturated carbocycles. The molecule has 2 unspecified atom stereocenters. The molecule has 0 N–H and O–H groups in total. The highest BCUT2D eigenvalue weighted by Gasteiger charge is 2.26. The maximum atomic E-state index is 12.1. The van der Waals surface area contributed by atoms with Crippen molar-refractivity contribution in [2.75, 3.05) is 26.7 Å². The first kappa shape index (κ1) is 13.0. The molecule has 1 fully saturated rings. The lowest BCUT2D eigenvalue weighted by Crippen LogP contribution is -2.45. The van der Waals surface area contributed by atoms with Gasteiger partial charge in [0.15, 0.2) is 0 Å². The minimum atomic E-state index is -0.117. The van der Waals surface area contributed by atoms with Crippen LogP contribution in [0.3, 0.4) is 0 Å². The molecule has 4 heteroatoms. The summed E-state index contributed by atoms with van der Waals surface area (Å²) in [6.45, 7) is 6.24. The van der Waals surface area contributed by atoms with E-state index in [2.05, 4.69) is 6.07 Å². The molecule has 1 aliphatic rings. The van der Waals surface area contributed by atoms with Gasteiger partial charge in [-0.05, 0) is 33.7 Å². The van der Waals surface area contributed by atoms with Crippen LogP contribution in [0.15, 0.2) is 0 Å². The summed E-state index contributed by atoms with van der Waals surface area (Å²) in [5.74, 6) is 0.170. The van der Waals surface area contributed by atoms with Gasteiger partial charge in [0.1, 0.15) is 0 Å². The van der Waals surface area contributed by atoms with Gasteiger partial charge in [-0.1, -0.05) is 0 Å². The van der Waals surface area contributed by atoms with E-state index in [0.29, 0.717) is 6.54 Å². The molecule has 0 aromatic carbocycles. The van der Waals surface area contributed by atoms with Crippen LogP contribution in [-0.2, 0) is 4.79 Å². The van der Waals surface area contributed by atoms with Crippen LogP contribution in [0.1, 0.15) is 26.7 Å². The lowest BCUT2D eigenvalue weighted by atomic mass is 10.1. The van der Waals surface area contributed by atoms with Crippen molar-refractivity contribution >= 4 is 5.91 Å². The average Bonchev–Trinajstić information content (AvgIpc) is 2.80. The van der Waals surface area contributed by atoms with E-state index in [9.17, 15) is 4.79 Å². The van der Waals surface area contributed by atoms with E-state index in [1.165, 1.54) is 0 Å². The quantitative estimate of drug-likeness (QED) is 0.716. The summed E-state index contributed by atoms with van der Waals surface area (Å²) in [5.41, 5.74) is 0. The Morgan fingerprint density at radius 1 is 1.44 bits per heavy atom. The molecule has 1 saturated heterocycles. The summed E-state index contributed by atoms with van der Waals surface area (Å²) in [5, 5.41) is 8.74. The molecule has 2 atom stereocenters. The molecular formula is C12H21N3O. The highest BCUT2D eigenvalue weighted by atomic mass is 16.2. The Balaban J connectivity index is 2.46. The third kappa shape index (κ3) is 3.21. The second kappa shape index (κ2) is 5.86. The summed E-state index contributed by atoms with van der Waals surface area (Å²) in [4.78, 5) is 16.0. The lowest BCUT2D eigenvalue weighted by Gasteiger charge is -2.28. The fraction of sp³-hybridized carbons (Fsp3) is 0.833. The maximum Gasteiger partial charge on any atom is 0.239 e. The van der Waals surface area contributed by atoms with E-state index >= 15 is 0 Å². The fourth-order valence-corrected chi connectivity index (χ4v) is 2.02. The van der Waals surface area contributed by atoms with Crippen molar-refractivity contribution < 1.29 is 4.79 Å². The number of likely N-dealkylation sites (N-methyl/N-ethyl adjacent to an activating group) is 1. The summed E-state index contributed by atoms with van der Waals surface area (Å²) < 4.78 is 0. The van der Waals surface area contributed by atoms with Crippen molar-refractivity contribution in [1.29, 1.82) is 5.26 Å². The van der Waals surface area contributed by atoms with Crippen LogP contribution < -0.4 is 0 Å². The first-order chi connectivity index (χ1) is 7.56. The predicted molar refractivity (Wildman–Crippen MR) is 62.7 cm³/mol. The minimum Gasteiger partial charge on any atom is -0.341 e. The van der Waals surface area contributed by atoms with E-state index < -0.39 is 0 Å². The number of carbonyl (C=O) groups is 1. The molecule has 1 amide bonds. The zero-order valence-electron chi connectivity index (χ0n) is 10.4. The monoisotopic (exact) mass is 223 g/mol. The van der Waals surface area contributed by atoms with Crippen molar-refractivity contribution in [3.05, 3.63) is 0 Å². The molecule has 0 aromatic rings. The number of nitriles is 1. The molecular weight excluding hydrogens is 202 g/mol. The van der Waals surface area contributed by atoms with Gasteiger partial charge < -0.3 is 4.90 Å². The number of rotatable bonds is 4. The van der Waals surface area contributed by atoms with E-state index in [4.69, 9.17) is 5.26 Å². The molecule has 1 heterocycles. The first-order valence-electron chi connectivity index (χ1n) is 5.95. The molecule has 1 aliphatic heterocycles. The van der Waals surface area contributed by atoms with E-state index in [1.807, 2.05) is 30.7 Å². The second-order valence-electron chi connectivity index (χ2n) is 4.68. The van der Waals surface area contributed by atoms with E-state index in [1.54, 1.807) is 0 Å². The van der Waals surface area contributed by atoms with Crippen molar-refractivity contribution in [2.45, 2.75) is 32.7 Å². The number of likely N-dealkylation sites (tertiary alicyclic amines) is 1. The summed E-state index contributed by atoms with van der Waals surface area (Å²) in [7, 11) is 1.91. The first-order valence-corrected chi connectivity index (χ1v) is 5.95. The van der Waals surface area contributed by atoms with Crippen molar-refractivity contribution in [2.24, 2.45) is 5.92 Å². The van der Waals surface area contributed by atoms with Crippen molar-refractivity contribution in [3.63, 3.8) is 0 Å². The van der Waals surface area contributed by atoms with E-state index in [-0.39, 0.29) is 17.9 Å². The van der Waals surface area contributed by atoms with Crippen LogP contribution in [0, 0.1) is 17.2 Å². The zero-order chi connectivity index (χ0) is 12.1. The molecule has 1 rings (SSSR count). The summed E-state index contributed by atoms with van der Waals surface area (Å²) >= 11 is 0. The number of amides is 1. The Hall–Kier alpha value is -1.08. The zero-order valence-corrected chi connectivity index (χ0v) is 10.4. The standard InChI is InChI=1S/C12H21N3O/c1-10(8-13)9-14(3)11(2)12(16)15-6-4-5-7-15/h10-11H,4-7,9H2,1-3H3. The Kier molecular flexibility index (Phi) is 4.75. The molecule has 4 nitrogen and oxygen atoms in total. The van der Waals surface area contributed by atoms with Gasteiger partial charge in [0.05, 0.1) is 18.0 Å². The van der Waals surface area contributed by atoms with Crippen molar-refractivity contribution in [3.8, 4) is 6.07 Å². The van der Waals surface area contributed by atoms with Crippen LogP contribution >= 0.6 is 0 Å². The van der Waals surface area contributed by atoms with Gasteiger partial charge in [-0.3, -0.25) is 9.69 Å². The third-order valence-corrected chi connectivity index (χ3v) is 3.22. The number of nitrogens with zero attached hydrogens (tertiary/aromatic N) is 3. The van der Waals surface area contributed by atoms with Crippen LogP contribution in [0.5, 0.6) is 0 Å². The summed E-state index contributed by atoms with van der Waals surface area (Å²) in [6, 6.07) is 2.08. The average molecular weight is 223 g/mol. The van der Waals surface area contributed by atoms with Gasteiger partial charge in [0, 0.05) is 19.6 Å². The fourth-order valence-electron chi connectivity index (χ4n) is 2.02. The molecule has 0 spiro atoms. The third-order valence-electron chi connectivity index (χ3n) is 3.22. The number of hydrogen-bond donors (Lipinski definition) is 0. The number of carbonyl (C=O) groups excluding carboxylic acids is 1. The largest absolute Gasteiger partial charge is 0.341 e. The molecule has 0 bridgehead atoms. The maximum absolute atomic E-state index is 12.1. The van der Waals surface area contributed by atoms with Crippen LogP contribution in [0.25, 0.3) is 0 Å². The highest BCUT2D eigenvalue weighted by molar-refractivity contribution is 5.81. The second-order valence-corrected chi connectivity index (χ2v) is 4.68. The van der Waals surface area contributed by atoms with Gasteiger partial charge in [-0.15, -0.1) is 0 Å². The van der Waals surface area contributed by atoms with Crippen LogP contribution in [0.2, 0.25) is 0 Å². The smallest absolute Gasteiger partial charge is 0.239 e. The Morgan fingerprint density at radius 2 is 2.00 bits per heavy atom. The van der Waals surface area contributed by atoms with Gasteiger partial charge in [-0.2, -0.15) is 5.26 Å². The highest BCUT2D eigenvalue weighted by Crippen LogP contribution is 2.12. The number of hydrogen-bond acceptors (Lipinski definition) is 3. The van der Waals surface area contributed by atoms with Gasteiger partial charge in [0.2, 0.25) is 5.91 Å². The molecule has 0 aromatic heterocycles. The van der Waals surface area contributed by atoms with E-state index in [0.717, 1.165) is 25.9 Å². The molecule has 0 radical (unpaired) electrons. The van der Waals surface area contributed by atoms with Crippen molar-refractivity contribution in [1.82, 2.24) is 9.80 Å². The molecule has 16 heavy (non-hydrogen) atoms. The summed E-state index contributed by atoms with van der Waals surface area (Å²) in [6.07, 6.45) is 2.24.